The van der Waals surface area contributed by atoms with Crippen molar-refractivity contribution < 1.29 is 18.8 Å². The van der Waals surface area contributed by atoms with Crippen molar-refractivity contribution in [1.82, 2.24) is 15.5 Å². The van der Waals surface area contributed by atoms with Crippen molar-refractivity contribution in [3.05, 3.63) is 24.2 Å². The van der Waals surface area contributed by atoms with Crippen molar-refractivity contribution >= 4 is 17.8 Å². The van der Waals surface area contributed by atoms with Gasteiger partial charge < -0.3 is 15.1 Å². The average molecular weight is 347 g/mol. The fraction of sp³-hybridized carbons (Fsp3) is 0.611. The Morgan fingerprint density at radius 1 is 1.36 bits per heavy atom. The highest BCUT2D eigenvalue weighted by atomic mass is 16.3. The van der Waals surface area contributed by atoms with E-state index in [1.54, 1.807) is 12.1 Å². The summed E-state index contributed by atoms with van der Waals surface area (Å²) in [7, 11) is 0. The van der Waals surface area contributed by atoms with Gasteiger partial charge in [0.25, 0.3) is 5.91 Å². The van der Waals surface area contributed by atoms with Crippen molar-refractivity contribution in [3.8, 4) is 0 Å². The van der Waals surface area contributed by atoms with Gasteiger partial charge in [0, 0.05) is 12.5 Å². The standard InChI is InChI=1S/C18H25N3O4/c1-12-5-2-3-7-14(12)19-16(22)9-8-15-17(23)21(18(24)20-15)11-13-6-4-10-25-13/h4,6,10,12,14-15H,2-3,5,7-9,11H2,1H3,(H,19,22)(H,20,24)/t12-,14-,15-/m0/s1. The number of nitrogens with one attached hydrogen (secondary N) is 2. The van der Waals surface area contributed by atoms with Gasteiger partial charge >= 0.3 is 6.03 Å². The zero-order valence-electron chi connectivity index (χ0n) is 14.5. The van der Waals surface area contributed by atoms with Gasteiger partial charge in [0.15, 0.2) is 0 Å². The van der Waals surface area contributed by atoms with E-state index in [2.05, 4.69) is 17.6 Å². The number of furan rings is 1. The molecule has 0 unspecified atom stereocenters. The first-order valence-electron chi connectivity index (χ1n) is 8.98. The molecule has 1 saturated heterocycles. The Morgan fingerprint density at radius 2 is 2.16 bits per heavy atom. The van der Waals surface area contributed by atoms with Gasteiger partial charge in [-0.05, 0) is 37.3 Å². The Labute approximate surface area is 147 Å². The molecule has 3 rings (SSSR count). The fourth-order valence-corrected chi connectivity index (χ4v) is 3.57. The maximum atomic E-state index is 12.4. The van der Waals surface area contributed by atoms with Crippen LogP contribution in [0.4, 0.5) is 4.79 Å². The highest BCUT2D eigenvalue weighted by Crippen LogP contribution is 2.24. The van der Waals surface area contributed by atoms with Gasteiger partial charge in [0.2, 0.25) is 5.91 Å². The van der Waals surface area contributed by atoms with Gasteiger partial charge in [0.05, 0.1) is 12.8 Å². The summed E-state index contributed by atoms with van der Waals surface area (Å²) in [6, 6.07) is 2.57. The van der Waals surface area contributed by atoms with Crippen LogP contribution < -0.4 is 10.6 Å². The van der Waals surface area contributed by atoms with Crippen molar-refractivity contribution in [2.75, 3.05) is 0 Å². The van der Waals surface area contributed by atoms with Crippen LogP contribution >= 0.6 is 0 Å². The molecule has 136 valence electrons. The molecule has 3 atom stereocenters. The summed E-state index contributed by atoms with van der Waals surface area (Å²) in [6.45, 7) is 2.28. The molecule has 7 heteroatoms. The lowest BCUT2D eigenvalue weighted by atomic mass is 9.86. The van der Waals surface area contributed by atoms with Crippen molar-refractivity contribution in [2.45, 2.75) is 64.1 Å². The zero-order valence-corrected chi connectivity index (χ0v) is 14.5. The number of imide groups is 1. The maximum Gasteiger partial charge on any atom is 0.325 e. The van der Waals surface area contributed by atoms with Gasteiger partial charge in [-0.15, -0.1) is 0 Å². The van der Waals surface area contributed by atoms with Gasteiger partial charge in [-0.25, -0.2) is 4.79 Å². The second-order valence-corrected chi connectivity index (χ2v) is 6.98. The van der Waals surface area contributed by atoms with Gasteiger partial charge in [-0.3, -0.25) is 14.5 Å². The van der Waals surface area contributed by atoms with Gasteiger partial charge in [-0.1, -0.05) is 19.8 Å². The Bertz CT molecular complexity index is 628. The summed E-state index contributed by atoms with van der Waals surface area (Å²) in [5.41, 5.74) is 0. The van der Waals surface area contributed by atoms with E-state index >= 15 is 0 Å². The smallest absolute Gasteiger partial charge is 0.325 e. The van der Waals surface area contributed by atoms with Crippen molar-refractivity contribution in [1.29, 1.82) is 0 Å². The van der Waals surface area contributed by atoms with Gasteiger partial charge in [-0.2, -0.15) is 0 Å². The molecule has 2 heterocycles. The monoisotopic (exact) mass is 347 g/mol. The number of rotatable bonds is 6. The third kappa shape index (κ3) is 4.21. The molecule has 2 aliphatic rings. The molecular formula is C18H25N3O4. The molecule has 1 saturated carbocycles. The summed E-state index contributed by atoms with van der Waals surface area (Å²) >= 11 is 0. The second kappa shape index (κ2) is 7.72. The SMILES string of the molecule is C[C@H]1CCCC[C@@H]1NC(=O)CC[C@@H]1NC(=O)N(Cc2ccco2)C1=O. The quantitative estimate of drug-likeness (QED) is 0.772. The molecule has 4 amide bonds. The lowest BCUT2D eigenvalue weighted by molar-refractivity contribution is -0.128. The molecule has 0 bridgehead atoms. The van der Waals surface area contributed by atoms with E-state index in [1.807, 2.05) is 0 Å². The Kier molecular flexibility index (Phi) is 5.40. The van der Waals surface area contributed by atoms with Crippen LogP contribution in [-0.4, -0.2) is 34.8 Å². The molecule has 7 nitrogen and oxygen atoms in total. The van der Waals surface area contributed by atoms with E-state index in [-0.39, 0.29) is 30.8 Å². The lowest BCUT2D eigenvalue weighted by Gasteiger charge is -2.29. The molecule has 1 aromatic rings. The first kappa shape index (κ1) is 17.5. The number of nitrogens with zero attached hydrogens (tertiary/aromatic N) is 1. The van der Waals surface area contributed by atoms with Crippen LogP contribution in [0.3, 0.4) is 0 Å². The topological polar surface area (TPSA) is 91.7 Å². The van der Waals surface area contributed by atoms with E-state index in [4.69, 9.17) is 4.42 Å². The van der Waals surface area contributed by atoms with Crippen molar-refractivity contribution in [2.24, 2.45) is 5.92 Å². The summed E-state index contributed by atoms with van der Waals surface area (Å²) < 4.78 is 5.18. The summed E-state index contributed by atoms with van der Waals surface area (Å²) in [4.78, 5) is 37.6. The fourth-order valence-electron chi connectivity index (χ4n) is 3.57. The summed E-state index contributed by atoms with van der Waals surface area (Å²) in [5, 5.41) is 5.72. The molecule has 1 aliphatic heterocycles. The predicted molar refractivity (Wildman–Crippen MR) is 90.4 cm³/mol. The third-order valence-corrected chi connectivity index (χ3v) is 5.12. The number of amides is 4. The maximum absolute atomic E-state index is 12.4. The second-order valence-electron chi connectivity index (χ2n) is 6.98. The third-order valence-electron chi connectivity index (χ3n) is 5.12. The molecule has 2 fully saturated rings. The van der Waals surface area contributed by atoms with Crippen LogP contribution in [0.15, 0.2) is 22.8 Å². The number of hydrogen-bond donors (Lipinski definition) is 2. The highest BCUT2D eigenvalue weighted by molar-refractivity contribution is 6.04. The Hall–Kier alpha value is -2.31. The van der Waals surface area contributed by atoms with E-state index in [9.17, 15) is 14.4 Å². The minimum absolute atomic E-state index is 0.0507. The predicted octanol–water partition coefficient (Wildman–Crippen LogP) is 2.18. The van der Waals surface area contributed by atoms with Crippen LogP contribution in [0.5, 0.6) is 0 Å². The Morgan fingerprint density at radius 3 is 2.88 bits per heavy atom. The first-order chi connectivity index (χ1) is 12.0. The molecule has 1 aliphatic carbocycles. The van der Waals surface area contributed by atoms with Crippen LogP contribution in [0.2, 0.25) is 0 Å². The number of urea groups is 1. The molecule has 0 radical (unpaired) electrons. The van der Waals surface area contributed by atoms with Crippen LogP contribution in [0, 0.1) is 5.92 Å². The summed E-state index contributed by atoms with van der Waals surface area (Å²) in [6.07, 6.45) is 6.57. The molecule has 0 spiro atoms. The minimum atomic E-state index is -0.642. The first-order valence-corrected chi connectivity index (χ1v) is 8.98. The van der Waals surface area contributed by atoms with E-state index in [0.717, 1.165) is 24.2 Å². The van der Waals surface area contributed by atoms with Crippen LogP contribution in [0.25, 0.3) is 0 Å². The van der Waals surface area contributed by atoms with Crippen molar-refractivity contribution in [3.63, 3.8) is 0 Å². The number of carbonyl (C=O) groups is 3. The summed E-state index contributed by atoms with van der Waals surface area (Å²) in [5.74, 6) is 0.688. The van der Waals surface area contributed by atoms with Crippen LogP contribution in [-0.2, 0) is 16.1 Å². The van der Waals surface area contributed by atoms with Gasteiger partial charge in [0.1, 0.15) is 11.8 Å². The number of hydrogen-bond acceptors (Lipinski definition) is 4. The van der Waals surface area contributed by atoms with E-state index in [1.165, 1.54) is 12.7 Å². The molecular weight excluding hydrogens is 322 g/mol. The van der Waals surface area contributed by atoms with Crippen LogP contribution in [0.1, 0.15) is 51.2 Å². The van der Waals surface area contributed by atoms with E-state index in [0.29, 0.717) is 18.1 Å². The zero-order chi connectivity index (χ0) is 17.8. The normalized spacial score (nSPS) is 26.6. The largest absolute Gasteiger partial charge is 0.467 e. The molecule has 25 heavy (non-hydrogen) atoms. The average Bonchev–Trinajstić information content (AvgIpc) is 3.19. The number of carbonyl (C=O) groups excluding carboxylic acids is 3. The Balaban J connectivity index is 1.47. The molecule has 0 aromatic carbocycles. The molecule has 1 aromatic heterocycles. The molecule has 2 N–H and O–H groups in total. The van der Waals surface area contributed by atoms with E-state index < -0.39 is 12.1 Å². The minimum Gasteiger partial charge on any atom is -0.467 e. The lowest BCUT2D eigenvalue weighted by Crippen LogP contribution is -2.41. The highest BCUT2D eigenvalue weighted by Gasteiger charge is 2.38.